The molecule has 6 N–H and O–H groups in total. The van der Waals surface area contributed by atoms with Crippen LogP contribution in [0.25, 0.3) is 22.2 Å². The summed E-state index contributed by atoms with van der Waals surface area (Å²) >= 11 is 1.19. The number of carbonyl (C=O) groups is 2. The van der Waals surface area contributed by atoms with Gasteiger partial charge in [0, 0.05) is 12.7 Å². The number of aryl methyl sites for hydroxylation is 1. The molecule has 0 saturated carbocycles. The summed E-state index contributed by atoms with van der Waals surface area (Å²) < 4.78 is 3.02. The molecule has 0 spiro atoms. The first-order chi connectivity index (χ1) is 18.2. The summed E-state index contributed by atoms with van der Waals surface area (Å²) in [6.45, 7) is 0.343. The highest BCUT2D eigenvalue weighted by atomic mass is 32.2. The Morgan fingerprint density at radius 3 is 2.63 bits per heavy atom. The Labute approximate surface area is 217 Å². The minimum absolute atomic E-state index is 0.248. The predicted molar refractivity (Wildman–Crippen MR) is 140 cm³/mol. The van der Waals surface area contributed by atoms with Gasteiger partial charge in [0.25, 0.3) is 5.56 Å². The van der Waals surface area contributed by atoms with E-state index in [1.165, 1.54) is 23.4 Å². The number of aliphatic carboxylic acids is 1. The molecule has 0 aliphatic rings. The number of imidazole rings is 2. The van der Waals surface area contributed by atoms with E-state index < -0.39 is 29.2 Å². The Hall–Kier alpha value is -4.69. The second kappa shape index (κ2) is 9.99. The van der Waals surface area contributed by atoms with E-state index in [2.05, 4.69) is 25.3 Å². The largest absolute Gasteiger partial charge is 0.480 e. The number of fused-ring (bicyclic) bond motifs is 2. The van der Waals surface area contributed by atoms with Crippen molar-refractivity contribution in [3.63, 3.8) is 0 Å². The van der Waals surface area contributed by atoms with Crippen molar-refractivity contribution in [1.29, 1.82) is 0 Å². The number of hydrogen-bond donors (Lipinski definition) is 5. The van der Waals surface area contributed by atoms with Gasteiger partial charge < -0.3 is 25.7 Å². The first-order valence-electron chi connectivity index (χ1n) is 11.4. The fourth-order valence-corrected chi connectivity index (χ4v) is 4.78. The number of benzene rings is 2. The predicted octanol–water partition coefficient (Wildman–Crippen LogP) is 1.24. The Bertz CT molecular complexity index is 1800. The van der Waals surface area contributed by atoms with Crippen molar-refractivity contribution in [1.82, 2.24) is 29.1 Å². The summed E-state index contributed by atoms with van der Waals surface area (Å²) in [4.78, 5) is 62.6. The number of nitrogens with two attached hydrogens (primary N) is 1. The van der Waals surface area contributed by atoms with Gasteiger partial charge in [-0.25, -0.2) is 14.8 Å². The van der Waals surface area contributed by atoms with Crippen molar-refractivity contribution in [3.8, 4) is 0 Å². The van der Waals surface area contributed by atoms with Crippen molar-refractivity contribution in [2.75, 3.05) is 5.32 Å². The summed E-state index contributed by atoms with van der Waals surface area (Å²) in [5, 5.41) is 12.4. The SMILES string of the molecule is Cn1c(=O)[nH]c(=O)c2c1nc(Sc1nc3ccc(NC(=O)C[C@H](N)C(=O)O)cc3[nH]1)n2Cc1ccccc1. The Balaban J connectivity index is 1.48. The number of carboxylic acid groups (broad SMARTS) is 1. The highest BCUT2D eigenvalue weighted by molar-refractivity contribution is 7.99. The van der Waals surface area contributed by atoms with Crippen LogP contribution in [0.1, 0.15) is 12.0 Å². The molecule has 1 amide bonds. The fourth-order valence-electron chi connectivity index (χ4n) is 3.90. The molecular weight excluding hydrogens is 512 g/mol. The zero-order valence-electron chi connectivity index (χ0n) is 20.0. The van der Waals surface area contributed by atoms with Gasteiger partial charge in [0.2, 0.25) is 5.91 Å². The second-order valence-corrected chi connectivity index (χ2v) is 9.49. The van der Waals surface area contributed by atoms with Crippen LogP contribution in [0.5, 0.6) is 0 Å². The molecular formula is C24H22N8O5S. The number of rotatable bonds is 8. The molecule has 0 bridgehead atoms. The Kier molecular flexibility index (Phi) is 6.57. The maximum Gasteiger partial charge on any atom is 0.329 e. The molecule has 13 nitrogen and oxygen atoms in total. The van der Waals surface area contributed by atoms with Crippen molar-refractivity contribution in [3.05, 3.63) is 74.9 Å². The van der Waals surface area contributed by atoms with Crippen molar-refractivity contribution in [2.45, 2.75) is 29.3 Å². The molecule has 3 heterocycles. The van der Waals surface area contributed by atoms with E-state index in [0.717, 1.165) is 5.56 Å². The summed E-state index contributed by atoms with van der Waals surface area (Å²) in [5.74, 6) is -1.79. The Morgan fingerprint density at radius 2 is 1.89 bits per heavy atom. The number of aromatic amines is 2. The van der Waals surface area contributed by atoms with E-state index in [-0.39, 0.29) is 17.6 Å². The monoisotopic (exact) mass is 534 g/mol. The normalized spacial score (nSPS) is 12.2. The van der Waals surface area contributed by atoms with Crippen LogP contribution in [0, 0.1) is 0 Å². The van der Waals surface area contributed by atoms with Crippen LogP contribution >= 0.6 is 11.8 Å². The average Bonchev–Trinajstić information content (AvgIpc) is 3.44. The molecule has 0 aliphatic heterocycles. The van der Waals surface area contributed by atoms with Crippen LogP contribution in [0.3, 0.4) is 0 Å². The van der Waals surface area contributed by atoms with Crippen LogP contribution < -0.4 is 22.3 Å². The van der Waals surface area contributed by atoms with Crippen LogP contribution in [-0.4, -0.2) is 52.1 Å². The number of aromatic nitrogens is 6. The summed E-state index contributed by atoms with van der Waals surface area (Å²) in [6.07, 6.45) is -0.364. The number of nitrogens with zero attached hydrogens (tertiary/aromatic N) is 4. The molecule has 3 aromatic heterocycles. The molecule has 5 rings (SSSR count). The first-order valence-corrected chi connectivity index (χ1v) is 12.2. The standard InChI is InChI=1S/C24H22N8O5S/c1-31-19-18(20(34)30-23(31)37)32(11-12-5-3-2-4-6-12)24(29-19)38-22-27-15-8-7-13(9-16(15)28-22)26-17(33)10-14(25)21(35)36/h2-9,14H,10-11,25H2,1H3,(H,26,33)(H,27,28)(H,35,36)(H,30,34,37)/t14-/m0/s1. The van der Waals surface area contributed by atoms with E-state index in [4.69, 9.17) is 10.8 Å². The summed E-state index contributed by atoms with van der Waals surface area (Å²) in [6, 6.07) is 13.2. The van der Waals surface area contributed by atoms with Crippen LogP contribution in [-0.2, 0) is 23.2 Å². The number of carboxylic acids is 1. The number of hydrogen-bond acceptors (Lipinski definition) is 8. The highest BCUT2D eigenvalue weighted by Crippen LogP contribution is 2.30. The Morgan fingerprint density at radius 1 is 1.13 bits per heavy atom. The molecule has 38 heavy (non-hydrogen) atoms. The molecule has 194 valence electrons. The second-order valence-electron chi connectivity index (χ2n) is 8.53. The maximum absolute atomic E-state index is 12.8. The number of carbonyl (C=O) groups excluding carboxylic acids is 1. The van der Waals surface area contributed by atoms with Gasteiger partial charge in [0.15, 0.2) is 21.5 Å². The highest BCUT2D eigenvalue weighted by Gasteiger charge is 2.20. The van der Waals surface area contributed by atoms with Crippen molar-refractivity contribution >= 4 is 51.5 Å². The van der Waals surface area contributed by atoms with E-state index in [0.29, 0.717) is 33.6 Å². The smallest absolute Gasteiger partial charge is 0.329 e. The van der Waals surface area contributed by atoms with Crippen LogP contribution in [0.15, 0.2) is 68.4 Å². The molecule has 1 atom stereocenters. The van der Waals surface area contributed by atoms with Gasteiger partial charge in [-0.15, -0.1) is 0 Å². The van der Waals surface area contributed by atoms with E-state index >= 15 is 0 Å². The van der Waals surface area contributed by atoms with Gasteiger partial charge in [-0.05, 0) is 35.5 Å². The van der Waals surface area contributed by atoms with E-state index in [1.54, 1.807) is 22.8 Å². The lowest BCUT2D eigenvalue weighted by Crippen LogP contribution is -2.34. The lowest BCUT2D eigenvalue weighted by molar-refractivity contribution is -0.140. The fraction of sp³-hybridized carbons (Fsp3) is 0.167. The van der Waals surface area contributed by atoms with Crippen molar-refractivity contribution in [2.24, 2.45) is 12.8 Å². The van der Waals surface area contributed by atoms with Gasteiger partial charge in [-0.1, -0.05) is 30.3 Å². The molecule has 5 aromatic rings. The third-order valence-corrected chi connectivity index (χ3v) is 6.69. The molecule has 14 heteroatoms. The van der Waals surface area contributed by atoms with E-state index in [9.17, 15) is 19.2 Å². The first kappa shape index (κ1) is 25.0. The zero-order valence-corrected chi connectivity index (χ0v) is 20.8. The third-order valence-electron chi connectivity index (χ3n) is 5.81. The number of amides is 1. The summed E-state index contributed by atoms with van der Waals surface area (Å²) in [5.41, 5.74) is 7.45. The average molecular weight is 535 g/mol. The number of H-pyrrole nitrogens is 2. The minimum Gasteiger partial charge on any atom is -0.480 e. The quantitative estimate of drug-likeness (QED) is 0.195. The lowest BCUT2D eigenvalue weighted by atomic mass is 10.2. The molecule has 0 radical (unpaired) electrons. The third kappa shape index (κ3) is 4.94. The number of nitrogens with one attached hydrogen (secondary N) is 3. The number of anilines is 1. The van der Waals surface area contributed by atoms with Gasteiger partial charge in [0.1, 0.15) is 6.04 Å². The molecule has 0 saturated heterocycles. The molecule has 0 fully saturated rings. The van der Waals surface area contributed by atoms with Crippen LogP contribution in [0.4, 0.5) is 5.69 Å². The summed E-state index contributed by atoms with van der Waals surface area (Å²) in [7, 11) is 1.54. The van der Waals surface area contributed by atoms with Gasteiger partial charge in [-0.3, -0.25) is 23.9 Å². The van der Waals surface area contributed by atoms with Gasteiger partial charge in [0.05, 0.1) is 24.0 Å². The zero-order chi connectivity index (χ0) is 27.0. The minimum atomic E-state index is -1.30. The van der Waals surface area contributed by atoms with E-state index in [1.807, 2.05) is 30.3 Å². The molecule has 0 aliphatic carbocycles. The van der Waals surface area contributed by atoms with Gasteiger partial charge in [-0.2, -0.15) is 0 Å². The lowest BCUT2D eigenvalue weighted by Gasteiger charge is -2.08. The van der Waals surface area contributed by atoms with Crippen LogP contribution in [0.2, 0.25) is 0 Å². The van der Waals surface area contributed by atoms with Gasteiger partial charge >= 0.3 is 11.7 Å². The topological polar surface area (TPSA) is 194 Å². The molecule has 0 unspecified atom stereocenters. The van der Waals surface area contributed by atoms with Crippen molar-refractivity contribution < 1.29 is 14.7 Å². The maximum atomic E-state index is 12.8. The molecule has 2 aromatic carbocycles.